The van der Waals surface area contributed by atoms with Gasteiger partial charge in [-0.1, -0.05) is 22.5 Å². The first-order chi connectivity index (χ1) is 8.13. The van der Waals surface area contributed by atoms with E-state index in [1.54, 1.807) is 0 Å². The van der Waals surface area contributed by atoms with Gasteiger partial charge in [0.1, 0.15) is 0 Å². The molecule has 0 spiro atoms. The Labute approximate surface area is 111 Å². The van der Waals surface area contributed by atoms with Crippen LogP contribution in [0.3, 0.4) is 0 Å². The molecule has 0 atom stereocenters. The van der Waals surface area contributed by atoms with Gasteiger partial charge in [-0.3, -0.25) is 4.79 Å². The van der Waals surface area contributed by atoms with Crippen LogP contribution in [0, 0.1) is 29.6 Å². The molecule has 4 rings (SSSR count). The lowest BCUT2D eigenvalue weighted by atomic mass is 9.51. The van der Waals surface area contributed by atoms with Crippen molar-refractivity contribution in [2.24, 2.45) is 29.6 Å². The molecule has 0 aromatic heterocycles. The minimum absolute atomic E-state index is 0.277. The Morgan fingerprint density at radius 1 is 1.12 bits per heavy atom. The van der Waals surface area contributed by atoms with Crippen molar-refractivity contribution in [3.63, 3.8) is 0 Å². The van der Waals surface area contributed by atoms with Crippen LogP contribution in [0.4, 0.5) is 0 Å². The van der Waals surface area contributed by atoms with Gasteiger partial charge in [-0.05, 0) is 55.8 Å². The van der Waals surface area contributed by atoms with Crippen LogP contribution in [0.2, 0.25) is 0 Å². The fraction of sp³-hybridized carbons (Fsp3) is 0.786. The first kappa shape index (κ1) is 11.8. The molecule has 2 nitrogen and oxygen atoms in total. The van der Waals surface area contributed by atoms with Crippen molar-refractivity contribution in [3.05, 3.63) is 11.1 Å². The minimum atomic E-state index is 0.277. The Kier molecular flexibility index (Phi) is 3.06. The highest BCUT2D eigenvalue weighted by Gasteiger charge is 2.50. The first-order valence-corrected chi connectivity index (χ1v) is 7.53. The van der Waals surface area contributed by atoms with Gasteiger partial charge >= 0.3 is 0 Å². The maximum Gasteiger partial charge on any atom is 0.223 e. The molecule has 4 saturated carbocycles. The Morgan fingerprint density at radius 2 is 1.65 bits per heavy atom. The maximum atomic E-state index is 12.3. The van der Waals surface area contributed by atoms with E-state index in [4.69, 9.17) is 0 Å². The lowest BCUT2D eigenvalue weighted by Gasteiger charge is -2.53. The van der Waals surface area contributed by atoms with E-state index >= 15 is 0 Å². The van der Waals surface area contributed by atoms with Crippen molar-refractivity contribution in [1.29, 1.82) is 0 Å². The van der Waals surface area contributed by atoms with Crippen molar-refractivity contribution >= 4 is 21.8 Å². The highest BCUT2D eigenvalue weighted by molar-refractivity contribution is 9.11. The van der Waals surface area contributed by atoms with Crippen molar-refractivity contribution in [2.75, 3.05) is 6.54 Å². The maximum absolute atomic E-state index is 12.3. The summed E-state index contributed by atoms with van der Waals surface area (Å²) in [6.07, 6.45) is 6.67. The summed E-state index contributed by atoms with van der Waals surface area (Å²) in [5, 5.41) is 3.02. The molecule has 4 bridgehead atoms. The molecule has 1 amide bonds. The molecule has 0 heterocycles. The summed E-state index contributed by atoms with van der Waals surface area (Å²) >= 11 is 3.30. The number of hydrogen-bond acceptors (Lipinski definition) is 1. The summed E-state index contributed by atoms with van der Waals surface area (Å²) in [6, 6.07) is 0. The molecule has 94 valence electrons. The average Bonchev–Trinajstić information content (AvgIpc) is 2.24. The van der Waals surface area contributed by atoms with Gasteiger partial charge in [0.05, 0.1) is 0 Å². The lowest BCUT2D eigenvalue weighted by molar-refractivity contribution is -0.137. The summed E-state index contributed by atoms with van der Waals surface area (Å²) in [5.74, 6) is 3.80. The zero-order valence-electron chi connectivity index (χ0n) is 10.1. The molecule has 3 heteroatoms. The second kappa shape index (κ2) is 4.42. The number of carbonyl (C=O) groups is 1. The van der Waals surface area contributed by atoms with E-state index in [0.29, 0.717) is 24.3 Å². The summed E-state index contributed by atoms with van der Waals surface area (Å²) in [5.41, 5.74) is 0. The molecule has 0 saturated heterocycles. The van der Waals surface area contributed by atoms with Crippen LogP contribution < -0.4 is 5.32 Å². The fourth-order valence-electron chi connectivity index (χ4n) is 4.65. The van der Waals surface area contributed by atoms with Crippen LogP contribution in [0.5, 0.6) is 0 Å². The van der Waals surface area contributed by atoms with Crippen LogP contribution in [-0.2, 0) is 4.79 Å². The van der Waals surface area contributed by atoms with Gasteiger partial charge in [-0.25, -0.2) is 0 Å². The molecule has 4 aliphatic carbocycles. The van der Waals surface area contributed by atoms with Gasteiger partial charge in [0, 0.05) is 16.9 Å². The van der Waals surface area contributed by atoms with Crippen molar-refractivity contribution < 1.29 is 4.79 Å². The second-order valence-corrected chi connectivity index (χ2v) is 7.31. The van der Waals surface area contributed by atoms with Crippen LogP contribution in [0.1, 0.15) is 32.1 Å². The van der Waals surface area contributed by atoms with Crippen LogP contribution in [0.15, 0.2) is 11.1 Å². The molecule has 0 unspecified atom stereocenters. The van der Waals surface area contributed by atoms with E-state index in [1.165, 1.54) is 32.1 Å². The zero-order valence-corrected chi connectivity index (χ0v) is 11.7. The van der Waals surface area contributed by atoms with E-state index < -0.39 is 0 Å². The number of carbonyl (C=O) groups excluding carboxylic acids is 1. The summed E-state index contributed by atoms with van der Waals surface area (Å²) in [4.78, 5) is 12.3. The highest BCUT2D eigenvalue weighted by Crippen LogP contribution is 2.56. The van der Waals surface area contributed by atoms with E-state index in [9.17, 15) is 4.79 Å². The van der Waals surface area contributed by atoms with Gasteiger partial charge in [0.15, 0.2) is 0 Å². The van der Waals surface area contributed by atoms with Gasteiger partial charge in [-0.2, -0.15) is 0 Å². The number of rotatable bonds is 3. The van der Waals surface area contributed by atoms with Gasteiger partial charge in [0.25, 0.3) is 0 Å². The van der Waals surface area contributed by atoms with E-state index in [2.05, 4.69) is 27.8 Å². The van der Waals surface area contributed by atoms with E-state index in [1.807, 2.05) is 0 Å². The predicted molar refractivity (Wildman–Crippen MR) is 71.6 cm³/mol. The van der Waals surface area contributed by atoms with Crippen molar-refractivity contribution in [3.8, 4) is 0 Å². The molecule has 4 aliphatic rings. The quantitative estimate of drug-likeness (QED) is 0.852. The van der Waals surface area contributed by atoms with Crippen molar-refractivity contribution in [2.45, 2.75) is 32.1 Å². The summed E-state index contributed by atoms with van der Waals surface area (Å²) in [7, 11) is 0. The van der Waals surface area contributed by atoms with Crippen molar-refractivity contribution in [1.82, 2.24) is 5.32 Å². The molecular formula is C14H20BrNO. The third kappa shape index (κ3) is 2.18. The topological polar surface area (TPSA) is 29.1 Å². The zero-order chi connectivity index (χ0) is 12.0. The van der Waals surface area contributed by atoms with Crippen LogP contribution in [-0.4, -0.2) is 12.5 Å². The molecule has 17 heavy (non-hydrogen) atoms. The molecule has 1 N–H and O–H groups in total. The normalized spacial score (nSPS) is 42.5. The molecule has 0 aliphatic heterocycles. The third-order valence-corrected chi connectivity index (χ3v) is 5.26. The second-order valence-electron chi connectivity index (χ2n) is 6.19. The Hall–Kier alpha value is -0.310. The highest BCUT2D eigenvalue weighted by atomic mass is 79.9. The average molecular weight is 298 g/mol. The van der Waals surface area contributed by atoms with Gasteiger partial charge in [0.2, 0.25) is 5.91 Å². The Morgan fingerprint density at radius 3 is 2.12 bits per heavy atom. The Bertz CT molecular complexity index is 324. The van der Waals surface area contributed by atoms with Crippen LogP contribution >= 0.6 is 15.9 Å². The smallest absolute Gasteiger partial charge is 0.223 e. The molecular weight excluding hydrogens is 278 g/mol. The number of hydrogen-bond donors (Lipinski definition) is 1. The summed E-state index contributed by atoms with van der Waals surface area (Å²) in [6.45, 7) is 4.34. The monoisotopic (exact) mass is 297 g/mol. The molecule has 0 aromatic rings. The first-order valence-electron chi connectivity index (χ1n) is 6.74. The largest absolute Gasteiger partial charge is 0.351 e. The predicted octanol–water partition coefficient (Wildman–Crippen LogP) is 3.08. The molecule has 0 radical (unpaired) electrons. The molecule has 4 fully saturated rings. The number of halogens is 1. The fourth-order valence-corrected chi connectivity index (χ4v) is 4.79. The summed E-state index contributed by atoms with van der Waals surface area (Å²) < 4.78 is 0.856. The Balaban J connectivity index is 1.67. The third-order valence-electron chi connectivity index (χ3n) is 4.98. The number of nitrogens with one attached hydrogen (secondary N) is 1. The van der Waals surface area contributed by atoms with Crippen LogP contribution in [0.25, 0.3) is 0 Å². The minimum Gasteiger partial charge on any atom is -0.351 e. The van der Waals surface area contributed by atoms with E-state index in [-0.39, 0.29) is 5.91 Å². The van der Waals surface area contributed by atoms with Gasteiger partial charge < -0.3 is 5.32 Å². The van der Waals surface area contributed by atoms with E-state index in [0.717, 1.165) is 16.3 Å². The number of amides is 1. The molecule has 0 aromatic carbocycles. The lowest BCUT2D eigenvalue weighted by Crippen LogP contribution is -2.51. The van der Waals surface area contributed by atoms with Gasteiger partial charge in [-0.15, -0.1) is 0 Å². The standard InChI is InChI=1S/C14H20BrNO/c1-8(15)7-16-14(17)13-11-3-9-2-10(5-11)6-12(13)4-9/h9-13H,1-7H2,(H,16,17). The SMILES string of the molecule is C=C(Br)CNC(=O)C1C2CC3CC(C2)CC1C3.